The van der Waals surface area contributed by atoms with Gasteiger partial charge in [0.15, 0.2) is 0 Å². The molecular formula is C8H15F3N2O. The third-order valence-corrected chi connectivity index (χ3v) is 1.96. The van der Waals surface area contributed by atoms with Gasteiger partial charge in [0.1, 0.15) is 0 Å². The van der Waals surface area contributed by atoms with E-state index in [1.165, 1.54) is 0 Å². The lowest BCUT2D eigenvalue weighted by Crippen LogP contribution is -2.44. The number of rotatable bonds is 4. The molecule has 0 saturated carbocycles. The molecular weight excluding hydrogens is 197 g/mol. The van der Waals surface area contributed by atoms with Crippen LogP contribution in [0.15, 0.2) is 0 Å². The van der Waals surface area contributed by atoms with Crippen LogP contribution in [0.25, 0.3) is 0 Å². The number of morpholine rings is 1. The van der Waals surface area contributed by atoms with Crippen LogP contribution in [0.3, 0.4) is 0 Å². The monoisotopic (exact) mass is 212 g/mol. The molecule has 1 saturated heterocycles. The highest BCUT2D eigenvalue weighted by Crippen LogP contribution is 2.18. The van der Waals surface area contributed by atoms with E-state index < -0.39 is 12.6 Å². The van der Waals surface area contributed by atoms with Gasteiger partial charge in [-0.15, -0.1) is 0 Å². The molecule has 84 valence electrons. The molecule has 1 aliphatic rings. The van der Waals surface area contributed by atoms with Crippen LogP contribution in [-0.2, 0) is 4.74 Å². The Balaban J connectivity index is 1.97. The smallest absolute Gasteiger partial charge is 0.374 e. The molecule has 0 aliphatic carbocycles. The first-order valence-corrected chi connectivity index (χ1v) is 4.68. The Morgan fingerprint density at radius 3 is 2.79 bits per heavy atom. The summed E-state index contributed by atoms with van der Waals surface area (Å²) in [4.78, 5) is 0. The molecule has 14 heavy (non-hydrogen) atoms. The maximum absolute atomic E-state index is 11.7. The summed E-state index contributed by atoms with van der Waals surface area (Å²) in [7, 11) is 0. The van der Waals surface area contributed by atoms with Crippen molar-refractivity contribution in [1.29, 1.82) is 0 Å². The summed E-state index contributed by atoms with van der Waals surface area (Å²) >= 11 is 0. The first kappa shape index (κ1) is 11.7. The van der Waals surface area contributed by atoms with Crippen LogP contribution in [-0.4, -0.2) is 45.1 Å². The van der Waals surface area contributed by atoms with Crippen LogP contribution in [0.4, 0.5) is 13.2 Å². The number of nitrogens with one attached hydrogen (secondary N) is 2. The molecule has 0 bridgehead atoms. The van der Waals surface area contributed by atoms with E-state index in [0.717, 1.165) is 6.54 Å². The molecule has 0 aromatic heterocycles. The molecule has 1 unspecified atom stereocenters. The minimum absolute atomic E-state index is 0.00279. The summed E-state index contributed by atoms with van der Waals surface area (Å²) in [5.41, 5.74) is 0. The Morgan fingerprint density at radius 2 is 2.21 bits per heavy atom. The van der Waals surface area contributed by atoms with Gasteiger partial charge in [-0.3, -0.25) is 0 Å². The van der Waals surface area contributed by atoms with E-state index in [4.69, 9.17) is 4.74 Å². The Kier molecular flexibility index (Phi) is 4.64. The largest absolute Gasteiger partial charge is 0.390 e. The highest BCUT2D eigenvalue weighted by Gasteiger charge is 2.26. The van der Waals surface area contributed by atoms with Crippen molar-refractivity contribution < 1.29 is 17.9 Å². The highest BCUT2D eigenvalue weighted by molar-refractivity contribution is 4.69. The minimum atomic E-state index is -4.07. The van der Waals surface area contributed by atoms with Crippen LogP contribution in [0.1, 0.15) is 6.42 Å². The number of hydrogen-bond donors (Lipinski definition) is 2. The first-order valence-electron chi connectivity index (χ1n) is 4.68. The fraction of sp³-hybridized carbons (Fsp3) is 1.00. The molecule has 3 nitrogen and oxygen atoms in total. The summed E-state index contributed by atoms with van der Waals surface area (Å²) in [5, 5.41) is 5.83. The Morgan fingerprint density at radius 1 is 1.43 bits per heavy atom. The predicted molar refractivity (Wildman–Crippen MR) is 46.2 cm³/mol. The van der Waals surface area contributed by atoms with Crippen molar-refractivity contribution in [2.24, 2.45) is 0 Å². The van der Waals surface area contributed by atoms with Gasteiger partial charge in [0, 0.05) is 26.2 Å². The Labute approximate surface area is 81.0 Å². The fourth-order valence-electron chi connectivity index (χ4n) is 1.24. The van der Waals surface area contributed by atoms with Crippen molar-refractivity contribution in [2.75, 3.05) is 32.8 Å². The van der Waals surface area contributed by atoms with Crippen LogP contribution in [0.5, 0.6) is 0 Å². The van der Waals surface area contributed by atoms with Crippen LogP contribution in [0.2, 0.25) is 0 Å². The van der Waals surface area contributed by atoms with Crippen molar-refractivity contribution in [2.45, 2.75) is 18.7 Å². The molecule has 2 N–H and O–H groups in total. The van der Waals surface area contributed by atoms with E-state index >= 15 is 0 Å². The van der Waals surface area contributed by atoms with E-state index in [-0.39, 0.29) is 12.6 Å². The van der Waals surface area contributed by atoms with Crippen LogP contribution < -0.4 is 10.6 Å². The third-order valence-electron chi connectivity index (χ3n) is 1.96. The van der Waals surface area contributed by atoms with Crippen molar-refractivity contribution >= 4 is 0 Å². The van der Waals surface area contributed by atoms with E-state index in [1.807, 2.05) is 0 Å². The van der Waals surface area contributed by atoms with Crippen LogP contribution >= 0.6 is 0 Å². The topological polar surface area (TPSA) is 33.3 Å². The second-order valence-corrected chi connectivity index (χ2v) is 3.27. The second-order valence-electron chi connectivity index (χ2n) is 3.27. The van der Waals surface area contributed by atoms with Gasteiger partial charge < -0.3 is 15.4 Å². The standard InChI is InChI=1S/C8H15F3N2O/c9-8(10,11)1-2-12-5-7-6-13-3-4-14-7/h7,12-13H,1-6H2. The van der Waals surface area contributed by atoms with E-state index in [1.54, 1.807) is 0 Å². The second kappa shape index (κ2) is 5.53. The van der Waals surface area contributed by atoms with E-state index in [2.05, 4.69) is 10.6 Å². The summed E-state index contributed by atoms with van der Waals surface area (Å²) in [6, 6.07) is 0. The molecule has 1 heterocycles. The van der Waals surface area contributed by atoms with Crippen molar-refractivity contribution in [3.8, 4) is 0 Å². The zero-order valence-electron chi connectivity index (χ0n) is 7.86. The maximum atomic E-state index is 11.7. The van der Waals surface area contributed by atoms with Gasteiger partial charge in [-0.1, -0.05) is 0 Å². The molecule has 0 amide bonds. The first-order chi connectivity index (χ1) is 6.58. The molecule has 6 heteroatoms. The molecule has 1 rings (SSSR count). The predicted octanol–water partition coefficient (Wildman–Crippen LogP) is 0.517. The van der Waals surface area contributed by atoms with E-state index in [0.29, 0.717) is 19.7 Å². The minimum Gasteiger partial charge on any atom is -0.374 e. The molecule has 0 spiro atoms. The van der Waals surface area contributed by atoms with Crippen LogP contribution in [0, 0.1) is 0 Å². The Hall–Kier alpha value is -0.330. The average molecular weight is 212 g/mol. The van der Waals surface area contributed by atoms with Gasteiger partial charge in [-0.05, 0) is 0 Å². The van der Waals surface area contributed by atoms with Gasteiger partial charge >= 0.3 is 6.18 Å². The highest BCUT2D eigenvalue weighted by atomic mass is 19.4. The van der Waals surface area contributed by atoms with Crippen molar-refractivity contribution in [1.82, 2.24) is 10.6 Å². The third kappa shape index (κ3) is 5.41. The number of halogens is 3. The van der Waals surface area contributed by atoms with Gasteiger partial charge in [-0.25, -0.2) is 0 Å². The lowest BCUT2D eigenvalue weighted by molar-refractivity contribution is -0.133. The summed E-state index contributed by atoms with van der Waals surface area (Å²) in [6.45, 7) is 2.59. The van der Waals surface area contributed by atoms with E-state index in [9.17, 15) is 13.2 Å². The number of ether oxygens (including phenoxy) is 1. The van der Waals surface area contributed by atoms with Crippen molar-refractivity contribution in [3.63, 3.8) is 0 Å². The molecule has 0 aromatic rings. The van der Waals surface area contributed by atoms with Crippen molar-refractivity contribution in [3.05, 3.63) is 0 Å². The normalized spacial score (nSPS) is 23.8. The lowest BCUT2D eigenvalue weighted by atomic mass is 10.3. The number of hydrogen-bond acceptors (Lipinski definition) is 3. The van der Waals surface area contributed by atoms with Gasteiger partial charge in [-0.2, -0.15) is 13.2 Å². The zero-order valence-corrected chi connectivity index (χ0v) is 7.86. The quantitative estimate of drug-likeness (QED) is 0.666. The van der Waals surface area contributed by atoms with Gasteiger partial charge in [0.05, 0.1) is 19.1 Å². The zero-order chi connectivity index (χ0) is 10.4. The molecule has 1 aliphatic heterocycles. The average Bonchev–Trinajstić information content (AvgIpc) is 2.13. The molecule has 1 fully saturated rings. The number of alkyl halides is 3. The van der Waals surface area contributed by atoms with Gasteiger partial charge in [0.25, 0.3) is 0 Å². The summed E-state index contributed by atoms with van der Waals surface area (Å²) in [6.07, 6.45) is -4.86. The Bertz CT molecular complexity index is 157. The molecule has 1 atom stereocenters. The summed E-state index contributed by atoms with van der Waals surface area (Å²) < 4.78 is 40.5. The summed E-state index contributed by atoms with van der Waals surface area (Å²) in [5.74, 6) is 0. The fourth-order valence-corrected chi connectivity index (χ4v) is 1.24. The van der Waals surface area contributed by atoms with Gasteiger partial charge in [0.2, 0.25) is 0 Å². The lowest BCUT2D eigenvalue weighted by Gasteiger charge is -2.23. The maximum Gasteiger partial charge on any atom is 0.390 e. The molecule has 0 radical (unpaired) electrons. The SMILES string of the molecule is FC(F)(F)CCNCC1CNCCO1. The molecule has 0 aromatic carbocycles.